The van der Waals surface area contributed by atoms with Gasteiger partial charge < -0.3 is 10.1 Å². The van der Waals surface area contributed by atoms with Crippen LogP contribution < -0.4 is 21.3 Å². The third-order valence-electron chi connectivity index (χ3n) is 4.40. The van der Waals surface area contributed by atoms with Crippen LogP contribution in [0.2, 0.25) is 0 Å². The molecule has 0 saturated carbocycles. The van der Waals surface area contributed by atoms with E-state index in [9.17, 15) is 14.4 Å². The summed E-state index contributed by atoms with van der Waals surface area (Å²) < 4.78 is 7.77. The van der Waals surface area contributed by atoms with Gasteiger partial charge in [0.2, 0.25) is 5.91 Å². The molecule has 3 rings (SSSR count). The van der Waals surface area contributed by atoms with Gasteiger partial charge in [-0.2, -0.15) is 0 Å². The van der Waals surface area contributed by atoms with Crippen molar-refractivity contribution in [2.24, 2.45) is 14.1 Å². The predicted octanol–water partition coefficient (Wildman–Crippen LogP) is 2.07. The number of amides is 1. The van der Waals surface area contributed by atoms with Crippen LogP contribution in [0.3, 0.4) is 0 Å². The molecule has 0 spiro atoms. The van der Waals surface area contributed by atoms with Crippen LogP contribution in [0.5, 0.6) is 5.75 Å². The SMILES string of the molecule is CCOc1ccc(NC(=O)CSc2c(C)cnc3c2c(=O)n(C)c(=O)n3C)cc1. The second-order valence-electron chi connectivity index (χ2n) is 6.47. The maximum absolute atomic E-state index is 12.7. The number of anilines is 1. The molecule has 0 atom stereocenters. The summed E-state index contributed by atoms with van der Waals surface area (Å²) >= 11 is 1.25. The third kappa shape index (κ3) is 4.19. The minimum Gasteiger partial charge on any atom is -0.494 e. The van der Waals surface area contributed by atoms with Crippen molar-refractivity contribution in [3.05, 3.63) is 56.9 Å². The lowest BCUT2D eigenvalue weighted by Gasteiger charge is -2.12. The minimum atomic E-state index is -0.442. The second kappa shape index (κ2) is 8.52. The van der Waals surface area contributed by atoms with Gasteiger partial charge in [-0.1, -0.05) is 0 Å². The first kappa shape index (κ1) is 20.7. The van der Waals surface area contributed by atoms with Crippen LogP contribution in [0.4, 0.5) is 5.69 Å². The van der Waals surface area contributed by atoms with E-state index in [1.807, 2.05) is 13.8 Å². The number of nitrogens with one attached hydrogen (secondary N) is 1. The van der Waals surface area contributed by atoms with Gasteiger partial charge in [0.15, 0.2) is 0 Å². The molecule has 0 aliphatic rings. The van der Waals surface area contributed by atoms with Crippen LogP contribution in [-0.2, 0) is 18.9 Å². The number of nitrogens with zero attached hydrogens (tertiary/aromatic N) is 3. The maximum Gasteiger partial charge on any atom is 0.332 e. The Morgan fingerprint density at radius 1 is 1.17 bits per heavy atom. The summed E-state index contributed by atoms with van der Waals surface area (Å²) in [5, 5.41) is 3.17. The van der Waals surface area contributed by atoms with E-state index in [0.717, 1.165) is 15.9 Å². The fourth-order valence-electron chi connectivity index (χ4n) is 2.92. The Morgan fingerprint density at radius 3 is 2.52 bits per heavy atom. The molecule has 1 amide bonds. The van der Waals surface area contributed by atoms with E-state index in [1.54, 1.807) is 37.5 Å². The summed E-state index contributed by atoms with van der Waals surface area (Å²) in [6, 6.07) is 7.12. The number of thioether (sulfide) groups is 1. The summed E-state index contributed by atoms with van der Waals surface area (Å²) in [6.45, 7) is 4.30. The number of aryl methyl sites for hydroxylation is 2. The highest BCUT2D eigenvalue weighted by molar-refractivity contribution is 8.00. The fraction of sp³-hybridized carbons (Fsp3) is 0.300. The molecule has 0 bridgehead atoms. The van der Waals surface area contributed by atoms with Gasteiger partial charge in [-0.25, -0.2) is 9.78 Å². The molecule has 2 heterocycles. The molecule has 1 N–H and O–H groups in total. The molecule has 2 aromatic heterocycles. The molecule has 0 unspecified atom stereocenters. The highest BCUT2D eigenvalue weighted by Gasteiger charge is 2.17. The smallest absolute Gasteiger partial charge is 0.332 e. The second-order valence-corrected chi connectivity index (χ2v) is 7.45. The van der Waals surface area contributed by atoms with Crippen molar-refractivity contribution in [1.29, 1.82) is 0 Å². The van der Waals surface area contributed by atoms with Crippen molar-refractivity contribution in [1.82, 2.24) is 14.1 Å². The molecule has 1 aromatic carbocycles. The molecule has 29 heavy (non-hydrogen) atoms. The van der Waals surface area contributed by atoms with Gasteiger partial charge >= 0.3 is 5.69 Å². The fourth-order valence-corrected chi connectivity index (χ4v) is 3.87. The average Bonchev–Trinajstić information content (AvgIpc) is 2.71. The number of ether oxygens (including phenoxy) is 1. The summed E-state index contributed by atoms with van der Waals surface area (Å²) in [6.07, 6.45) is 1.61. The standard InChI is InChI=1S/C20H22N4O4S/c1-5-28-14-8-6-13(7-9-14)22-15(25)11-29-17-12(2)10-21-18-16(17)19(26)24(4)20(27)23(18)3/h6-10H,5,11H2,1-4H3,(H,22,25). The summed E-state index contributed by atoms with van der Waals surface area (Å²) in [7, 11) is 3.00. The number of pyridine rings is 1. The summed E-state index contributed by atoms with van der Waals surface area (Å²) in [5.74, 6) is 0.643. The maximum atomic E-state index is 12.7. The zero-order valence-corrected chi connectivity index (χ0v) is 17.5. The number of hydrogen-bond acceptors (Lipinski definition) is 6. The van der Waals surface area contributed by atoms with E-state index in [0.29, 0.717) is 28.2 Å². The van der Waals surface area contributed by atoms with Gasteiger partial charge in [-0.05, 0) is 43.7 Å². The monoisotopic (exact) mass is 414 g/mol. The van der Waals surface area contributed by atoms with Gasteiger partial charge in [-0.3, -0.25) is 18.7 Å². The van der Waals surface area contributed by atoms with E-state index in [2.05, 4.69) is 10.3 Å². The van der Waals surface area contributed by atoms with E-state index in [1.165, 1.54) is 23.4 Å². The van der Waals surface area contributed by atoms with Gasteiger partial charge in [0, 0.05) is 30.9 Å². The zero-order valence-electron chi connectivity index (χ0n) is 16.7. The Labute approximate surface area is 171 Å². The highest BCUT2D eigenvalue weighted by atomic mass is 32.2. The normalized spacial score (nSPS) is 10.9. The lowest BCUT2D eigenvalue weighted by molar-refractivity contribution is -0.113. The average molecular weight is 414 g/mol. The Balaban J connectivity index is 1.83. The van der Waals surface area contributed by atoms with Gasteiger partial charge in [-0.15, -0.1) is 11.8 Å². The molecule has 0 aliphatic heterocycles. The Morgan fingerprint density at radius 2 is 1.86 bits per heavy atom. The van der Waals surface area contributed by atoms with Crippen molar-refractivity contribution < 1.29 is 9.53 Å². The summed E-state index contributed by atoms with van der Waals surface area (Å²) in [4.78, 5) is 42.1. The topological polar surface area (TPSA) is 95.2 Å². The largest absolute Gasteiger partial charge is 0.494 e. The van der Waals surface area contributed by atoms with Crippen molar-refractivity contribution in [3.63, 3.8) is 0 Å². The molecule has 152 valence electrons. The van der Waals surface area contributed by atoms with E-state index in [-0.39, 0.29) is 11.7 Å². The zero-order chi connectivity index (χ0) is 21.1. The first-order chi connectivity index (χ1) is 13.8. The van der Waals surface area contributed by atoms with Crippen LogP contribution in [0.1, 0.15) is 12.5 Å². The minimum absolute atomic E-state index is 0.110. The van der Waals surface area contributed by atoms with Gasteiger partial charge in [0.1, 0.15) is 11.4 Å². The van der Waals surface area contributed by atoms with Crippen LogP contribution >= 0.6 is 11.8 Å². The molecule has 0 aliphatic carbocycles. The van der Waals surface area contributed by atoms with Gasteiger partial charge in [0.25, 0.3) is 5.56 Å². The molecular formula is C20H22N4O4S. The number of aromatic nitrogens is 3. The molecular weight excluding hydrogens is 392 g/mol. The quantitative estimate of drug-likeness (QED) is 0.621. The van der Waals surface area contributed by atoms with Crippen molar-refractivity contribution in [2.75, 3.05) is 17.7 Å². The third-order valence-corrected chi connectivity index (χ3v) is 5.62. The van der Waals surface area contributed by atoms with Crippen LogP contribution in [0, 0.1) is 6.92 Å². The van der Waals surface area contributed by atoms with E-state index < -0.39 is 11.2 Å². The number of carbonyl (C=O) groups is 1. The van der Waals surface area contributed by atoms with Crippen LogP contribution in [0.15, 0.2) is 44.9 Å². The molecule has 3 aromatic rings. The van der Waals surface area contributed by atoms with E-state index in [4.69, 9.17) is 4.74 Å². The molecule has 0 fully saturated rings. The Bertz CT molecular complexity index is 1180. The number of carbonyl (C=O) groups excluding carboxylic acids is 1. The van der Waals surface area contributed by atoms with Crippen molar-refractivity contribution in [3.8, 4) is 5.75 Å². The lowest BCUT2D eigenvalue weighted by atomic mass is 10.2. The van der Waals surface area contributed by atoms with Crippen LogP contribution in [0.25, 0.3) is 11.0 Å². The van der Waals surface area contributed by atoms with Crippen LogP contribution in [-0.4, -0.2) is 32.4 Å². The Hall–Kier alpha value is -3.07. The first-order valence-electron chi connectivity index (χ1n) is 9.04. The van der Waals surface area contributed by atoms with Crippen molar-refractivity contribution >= 4 is 34.4 Å². The number of benzene rings is 1. The molecule has 0 radical (unpaired) electrons. The highest BCUT2D eigenvalue weighted by Crippen LogP contribution is 2.27. The molecule has 9 heteroatoms. The molecule has 8 nitrogen and oxygen atoms in total. The van der Waals surface area contributed by atoms with Gasteiger partial charge in [0.05, 0.1) is 17.7 Å². The molecule has 0 saturated heterocycles. The van der Waals surface area contributed by atoms with E-state index >= 15 is 0 Å². The number of fused-ring (bicyclic) bond motifs is 1. The first-order valence-corrected chi connectivity index (χ1v) is 10.0. The van der Waals surface area contributed by atoms with Crippen molar-refractivity contribution in [2.45, 2.75) is 18.7 Å². The number of rotatable bonds is 6. The lowest BCUT2D eigenvalue weighted by Crippen LogP contribution is -2.37. The number of hydrogen-bond donors (Lipinski definition) is 1. The Kier molecular flexibility index (Phi) is 6.07. The summed E-state index contributed by atoms with van der Waals surface area (Å²) in [5.41, 5.74) is 0.871. The predicted molar refractivity (Wildman–Crippen MR) is 114 cm³/mol.